The van der Waals surface area contributed by atoms with Crippen molar-refractivity contribution in [3.8, 4) is 5.75 Å². The minimum Gasteiger partial charge on any atom is -0.489 e. The molecule has 3 atom stereocenters. The van der Waals surface area contributed by atoms with Gasteiger partial charge in [0.25, 0.3) is 0 Å². The molecule has 8 heteroatoms. The van der Waals surface area contributed by atoms with Crippen LogP contribution in [0.15, 0.2) is 84.9 Å². The smallest absolute Gasteiger partial charge is 0.246 e. The quantitative estimate of drug-likeness (QED) is 0.223. The maximum Gasteiger partial charge on any atom is 0.246 e. The summed E-state index contributed by atoms with van der Waals surface area (Å²) in [5, 5.41) is 10.3. The minimum atomic E-state index is -0.709. The van der Waals surface area contributed by atoms with Crippen LogP contribution in [0.2, 0.25) is 0 Å². The lowest BCUT2D eigenvalue weighted by Crippen LogP contribution is -2.57. The maximum atomic E-state index is 14.6. The molecule has 0 saturated carbocycles. The Morgan fingerprint density at radius 3 is 2.17 bits per heavy atom. The Bertz CT molecular complexity index is 1340. The predicted molar refractivity (Wildman–Crippen MR) is 181 cm³/mol. The molecule has 2 heterocycles. The SMILES string of the molecule is CC(C)CC(NC1CCOCC1)C(=O)N[C@@H](Cc1ccc(OCc2ccccc2)cc1)C(=O)N(Cc1ccccc1)[C@H]1CCNC1. The number of carbonyl (C=O) groups is 2. The minimum absolute atomic E-state index is 0.0512. The number of nitrogens with zero attached hydrogens (tertiary/aromatic N) is 1. The van der Waals surface area contributed by atoms with Gasteiger partial charge in [0.2, 0.25) is 11.8 Å². The molecular formula is C38H50N4O4. The van der Waals surface area contributed by atoms with Gasteiger partial charge >= 0.3 is 0 Å². The number of amides is 2. The summed E-state index contributed by atoms with van der Waals surface area (Å²) in [5.74, 6) is 0.912. The topological polar surface area (TPSA) is 91.9 Å². The molecule has 46 heavy (non-hydrogen) atoms. The normalized spacial score (nSPS) is 18.2. The van der Waals surface area contributed by atoms with Crippen LogP contribution in [0.3, 0.4) is 0 Å². The van der Waals surface area contributed by atoms with Crippen LogP contribution in [0.5, 0.6) is 5.75 Å². The second-order valence-corrected chi connectivity index (χ2v) is 13.0. The van der Waals surface area contributed by atoms with E-state index in [2.05, 4.69) is 41.9 Å². The van der Waals surface area contributed by atoms with Crippen LogP contribution in [0.1, 0.15) is 56.2 Å². The Morgan fingerprint density at radius 1 is 0.870 bits per heavy atom. The summed E-state index contributed by atoms with van der Waals surface area (Å²) in [7, 11) is 0. The summed E-state index contributed by atoms with van der Waals surface area (Å²) in [5.41, 5.74) is 3.14. The standard InChI is InChI=1S/C38H50N4O4/c1-28(2)23-35(40-32-18-21-45-22-19-32)37(43)41-36(24-29-13-15-34(16-14-29)46-27-31-11-7-4-8-12-31)38(44)42(33-17-20-39-25-33)26-30-9-5-3-6-10-30/h3-16,28,32-33,35-36,39-40H,17-27H2,1-2H3,(H,41,43)/t33-,35?,36-/m0/s1. The summed E-state index contributed by atoms with van der Waals surface area (Å²) >= 11 is 0. The van der Waals surface area contributed by atoms with Gasteiger partial charge in [-0.3, -0.25) is 9.59 Å². The zero-order valence-electron chi connectivity index (χ0n) is 27.3. The first-order chi connectivity index (χ1) is 22.4. The van der Waals surface area contributed by atoms with Gasteiger partial charge in [-0.1, -0.05) is 86.6 Å². The fourth-order valence-corrected chi connectivity index (χ4v) is 6.31. The van der Waals surface area contributed by atoms with Crippen LogP contribution in [0.25, 0.3) is 0 Å². The van der Waals surface area contributed by atoms with Gasteiger partial charge in [-0.05, 0) is 67.0 Å². The Hall–Kier alpha value is -3.72. The van der Waals surface area contributed by atoms with Crippen molar-refractivity contribution < 1.29 is 19.1 Å². The molecule has 2 fully saturated rings. The molecule has 0 spiro atoms. The third-order valence-electron chi connectivity index (χ3n) is 8.86. The highest BCUT2D eigenvalue weighted by molar-refractivity contribution is 5.90. The molecule has 246 valence electrons. The van der Waals surface area contributed by atoms with Crippen molar-refractivity contribution in [2.75, 3.05) is 26.3 Å². The average Bonchev–Trinajstić information content (AvgIpc) is 3.62. The van der Waals surface area contributed by atoms with E-state index >= 15 is 0 Å². The third-order valence-corrected chi connectivity index (χ3v) is 8.86. The van der Waals surface area contributed by atoms with Crippen molar-refractivity contribution in [2.45, 2.75) is 83.3 Å². The van der Waals surface area contributed by atoms with Crippen molar-refractivity contribution in [1.29, 1.82) is 0 Å². The van der Waals surface area contributed by atoms with Crippen molar-refractivity contribution in [1.82, 2.24) is 20.9 Å². The Balaban J connectivity index is 1.35. The molecule has 2 aliphatic heterocycles. The van der Waals surface area contributed by atoms with E-state index in [1.807, 2.05) is 77.7 Å². The molecule has 0 radical (unpaired) electrons. The molecule has 0 aliphatic carbocycles. The summed E-state index contributed by atoms with van der Waals surface area (Å²) < 4.78 is 11.6. The van der Waals surface area contributed by atoms with E-state index in [0.29, 0.717) is 45.1 Å². The summed E-state index contributed by atoms with van der Waals surface area (Å²) in [4.78, 5) is 30.6. The fourth-order valence-electron chi connectivity index (χ4n) is 6.31. The van der Waals surface area contributed by atoms with Crippen LogP contribution in [-0.4, -0.2) is 67.2 Å². The molecule has 3 aromatic carbocycles. The number of rotatable bonds is 15. The summed E-state index contributed by atoms with van der Waals surface area (Å²) in [6, 6.07) is 27.3. The van der Waals surface area contributed by atoms with E-state index in [4.69, 9.17) is 9.47 Å². The van der Waals surface area contributed by atoms with Gasteiger partial charge in [-0.2, -0.15) is 0 Å². The Labute approximate surface area is 274 Å². The number of hydrogen-bond acceptors (Lipinski definition) is 6. The molecule has 3 aromatic rings. The van der Waals surface area contributed by atoms with Gasteiger partial charge in [0.1, 0.15) is 18.4 Å². The second-order valence-electron chi connectivity index (χ2n) is 13.0. The van der Waals surface area contributed by atoms with Crippen molar-refractivity contribution in [2.24, 2.45) is 5.92 Å². The lowest BCUT2D eigenvalue weighted by molar-refractivity contribution is -0.139. The second kappa shape index (κ2) is 17.3. The van der Waals surface area contributed by atoms with Crippen LogP contribution >= 0.6 is 0 Å². The first-order valence-corrected chi connectivity index (χ1v) is 16.9. The number of carbonyl (C=O) groups excluding carboxylic acids is 2. The molecule has 3 N–H and O–H groups in total. The maximum absolute atomic E-state index is 14.6. The highest BCUT2D eigenvalue weighted by Crippen LogP contribution is 2.20. The van der Waals surface area contributed by atoms with Gasteiger partial charge < -0.3 is 30.3 Å². The van der Waals surface area contributed by atoms with E-state index in [-0.39, 0.29) is 29.9 Å². The number of benzene rings is 3. The van der Waals surface area contributed by atoms with Crippen molar-refractivity contribution in [3.63, 3.8) is 0 Å². The monoisotopic (exact) mass is 626 g/mol. The summed E-state index contributed by atoms with van der Waals surface area (Å²) in [6.45, 7) is 8.26. The summed E-state index contributed by atoms with van der Waals surface area (Å²) in [6.07, 6.45) is 3.72. The van der Waals surface area contributed by atoms with Crippen LogP contribution in [0.4, 0.5) is 0 Å². The van der Waals surface area contributed by atoms with Gasteiger partial charge in [0.05, 0.1) is 6.04 Å². The zero-order valence-corrected chi connectivity index (χ0v) is 27.3. The van der Waals surface area contributed by atoms with Crippen molar-refractivity contribution in [3.05, 3.63) is 102 Å². The highest BCUT2D eigenvalue weighted by Gasteiger charge is 2.34. The molecule has 1 unspecified atom stereocenters. The van der Waals surface area contributed by atoms with Crippen LogP contribution < -0.4 is 20.7 Å². The van der Waals surface area contributed by atoms with Gasteiger partial charge in [0.15, 0.2) is 0 Å². The van der Waals surface area contributed by atoms with Crippen LogP contribution in [0, 0.1) is 5.92 Å². The van der Waals surface area contributed by atoms with E-state index in [1.165, 1.54) is 0 Å². The van der Waals surface area contributed by atoms with E-state index in [9.17, 15) is 9.59 Å². The first-order valence-electron chi connectivity index (χ1n) is 16.9. The Kier molecular flexibility index (Phi) is 12.6. The fraction of sp³-hybridized carbons (Fsp3) is 0.474. The largest absolute Gasteiger partial charge is 0.489 e. The van der Waals surface area contributed by atoms with Crippen molar-refractivity contribution >= 4 is 11.8 Å². The molecule has 0 bridgehead atoms. The molecular weight excluding hydrogens is 576 g/mol. The van der Waals surface area contributed by atoms with E-state index in [1.54, 1.807) is 0 Å². The van der Waals surface area contributed by atoms with Gasteiger partial charge in [-0.25, -0.2) is 0 Å². The number of nitrogens with one attached hydrogen (secondary N) is 3. The molecule has 8 nitrogen and oxygen atoms in total. The van der Waals surface area contributed by atoms with E-state index < -0.39 is 6.04 Å². The molecule has 0 aromatic heterocycles. The molecule has 2 saturated heterocycles. The highest BCUT2D eigenvalue weighted by atomic mass is 16.5. The van der Waals surface area contributed by atoms with Gasteiger partial charge in [-0.15, -0.1) is 0 Å². The molecule has 2 aliphatic rings. The third kappa shape index (κ3) is 10.1. The molecule has 5 rings (SSSR count). The number of ether oxygens (including phenoxy) is 2. The van der Waals surface area contributed by atoms with Crippen LogP contribution in [-0.2, 0) is 33.9 Å². The average molecular weight is 627 g/mol. The zero-order chi connectivity index (χ0) is 32.1. The van der Waals surface area contributed by atoms with Gasteiger partial charge in [0, 0.05) is 44.8 Å². The molecule has 2 amide bonds. The number of hydrogen-bond donors (Lipinski definition) is 3. The lowest BCUT2D eigenvalue weighted by atomic mass is 9.98. The lowest BCUT2D eigenvalue weighted by Gasteiger charge is -2.34. The van der Waals surface area contributed by atoms with E-state index in [0.717, 1.165) is 54.8 Å². The Morgan fingerprint density at radius 2 is 1.54 bits per heavy atom. The predicted octanol–water partition coefficient (Wildman–Crippen LogP) is 4.87. The first kappa shape index (κ1) is 33.6.